The zero-order valence-electron chi connectivity index (χ0n) is 14.3. The van der Waals surface area contributed by atoms with Gasteiger partial charge in [0.15, 0.2) is 0 Å². The lowest BCUT2D eigenvalue weighted by Crippen LogP contribution is -2.38. The summed E-state index contributed by atoms with van der Waals surface area (Å²) in [5, 5.41) is 4.79. The summed E-state index contributed by atoms with van der Waals surface area (Å²) >= 11 is 0. The number of hydrogen-bond donors (Lipinski definition) is 0. The second-order valence-corrected chi connectivity index (χ2v) is 7.97. The number of rotatable bonds is 1. The Kier molecular flexibility index (Phi) is 3.03. The fraction of sp³-hybridized carbons (Fsp3) is 0.632. The van der Waals surface area contributed by atoms with Gasteiger partial charge in [-0.15, -0.1) is 0 Å². The number of amides is 1. The van der Waals surface area contributed by atoms with E-state index in [0.29, 0.717) is 11.3 Å². The quantitative estimate of drug-likeness (QED) is 0.807. The van der Waals surface area contributed by atoms with Crippen molar-refractivity contribution < 1.29 is 9.32 Å². The molecule has 3 aliphatic carbocycles. The monoisotopic (exact) mass is 325 g/mol. The molecule has 2 aromatic rings. The number of likely N-dealkylation sites (tertiary alicyclic amines) is 1. The zero-order valence-corrected chi connectivity index (χ0v) is 14.3. The highest BCUT2D eigenvalue weighted by molar-refractivity contribution is 6.06. The number of nitrogens with zero attached hydrogens (tertiary/aromatic N) is 3. The molecule has 2 bridgehead atoms. The second-order valence-electron chi connectivity index (χ2n) is 7.97. The Hall–Kier alpha value is -1.91. The number of hydrogen-bond acceptors (Lipinski definition) is 4. The lowest BCUT2D eigenvalue weighted by Gasteiger charge is -2.44. The van der Waals surface area contributed by atoms with Crippen LogP contribution in [0.25, 0.3) is 11.1 Å². The van der Waals surface area contributed by atoms with Crippen molar-refractivity contribution in [2.24, 2.45) is 23.7 Å². The van der Waals surface area contributed by atoms with Gasteiger partial charge in [-0.3, -0.25) is 4.79 Å². The molecule has 5 nitrogen and oxygen atoms in total. The number of aromatic nitrogens is 2. The summed E-state index contributed by atoms with van der Waals surface area (Å²) < 4.78 is 5.29. The van der Waals surface area contributed by atoms with Crippen molar-refractivity contribution in [3.05, 3.63) is 23.0 Å². The van der Waals surface area contributed by atoms with Gasteiger partial charge in [-0.2, -0.15) is 0 Å². The molecule has 4 fully saturated rings. The predicted molar refractivity (Wildman–Crippen MR) is 89.6 cm³/mol. The third kappa shape index (κ3) is 1.96. The number of carbonyl (C=O) groups is 1. The summed E-state index contributed by atoms with van der Waals surface area (Å²) in [6.07, 6.45) is 5.49. The first-order valence-electron chi connectivity index (χ1n) is 9.14. The molecule has 3 saturated carbocycles. The molecule has 0 aromatic carbocycles. The Morgan fingerprint density at radius 1 is 1.12 bits per heavy atom. The molecule has 0 radical (unpaired) electrons. The average Bonchev–Trinajstić information content (AvgIpc) is 3.20. The van der Waals surface area contributed by atoms with Crippen LogP contribution < -0.4 is 0 Å². The van der Waals surface area contributed by atoms with Crippen molar-refractivity contribution in [3.63, 3.8) is 0 Å². The first-order valence-corrected chi connectivity index (χ1v) is 9.14. The van der Waals surface area contributed by atoms with Crippen LogP contribution in [0.5, 0.6) is 0 Å². The Labute approximate surface area is 141 Å². The maximum absolute atomic E-state index is 13.3. The number of fused-ring (bicyclic) bond motifs is 3. The Morgan fingerprint density at radius 3 is 2.38 bits per heavy atom. The molecule has 5 heteroatoms. The minimum absolute atomic E-state index is 0.130. The molecule has 126 valence electrons. The van der Waals surface area contributed by atoms with E-state index in [1.165, 1.54) is 25.7 Å². The molecule has 1 aliphatic heterocycles. The summed E-state index contributed by atoms with van der Waals surface area (Å²) in [6.45, 7) is 5.64. The first-order chi connectivity index (χ1) is 11.6. The van der Waals surface area contributed by atoms with Crippen molar-refractivity contribution in [3.8, 4) is 0 Å². The van der Waals surface area contributed by atoms with Gasteiger partial charge in [0.25, 0.3) is 11.6 Å². The van der Waals surface area contributed by atoms with E-state index in [2.05, 4.69) is 15.0 Å². The summed E-state index contributed by atoms with van der Waals surface area (Å²) in [7, 11) is 0. The maximum atomic E-state index is 13.3. The van der Waals surface area contributed by atoms with E-state index < -0.39 is 0 Å². The lowest BCUT2D eigenvalue weighted by molar-refractivity contribution is 0.0577. The highest BCUT2D eigenvalue weighted by atomic mass is 16.5. The van der Waals surface area contributed by atoms with E-state index in [0.717, 1.165) is 53.5 Å². The van der Waals surface area contributed by atoms with Gasteiger partial charge < -0.3 is 9.42 Å². The fourth-order valence-corrected chi connectivity index (χ4v) is 5.58. The summed E-state index contributed by atoms with van der Waals surface area (Å²) in [4.78, 5) is 19.7. The van der Waals surface area contributed by atoms with Crippen LogP contribution in [-0.2, 0) is 0 Å². The topological polar surface area (TPSA) is 59.2 Å². The molecular weight excluding hydrogens is 302 g/mol. The Morgan fingerprint density at radius 2 is 1.75 bits per heavy atom. The molecule has 2 aromatic heterocycles. The zero-order chi connectivity index (χ0) is 16.4. The van der Waals surface area contributed by atoms with Gasteiger partial charge in [-0.25, -0.2) is 4.98 Å². The molecule has 3 heterocycles. The van der Waals surface area contributed by atoms with Crippen molar-refractivity contribution in [2.75, 3.05) is 13.1 Å². The van der Waals surface area contributed by atoms with Crippen LogP contribution in [0.2, 0.25) is 0 Å². The first kappa shape index (κ1) is 14.4. The van der Waals surface area contributed by atoms with E-state index in [1.807, 2.05) is 19.9 Å². The van der Waals surface area contributed by atoms with Crippen LogP contribution >= 0.6 is 0 Å². The van der Waals surface area contributed by atoms with Crippen molar-refractivity contribution in [2.45, 2.75) is 39.5 Å². The third-order valence-electron chi connectivity index (χ3n) is 6.70. The van der Waals surface area contributed by atoms with E-state index in [9.17, 15) is 4.79 Å². The molecule has 0 N–H and O–H groups in total. The van der Waals surface area contributed by atoms with Gasteiger partial charge in [0.2, 0.25) is 0 Å². The van der Waals surface area contributed by atoms with Gasteiger partial charge in [0, 0.05) is 18.8 Å². The highest BCUT2D eigenvalue weighted by Gasteiger charge is 2.49. The molecule has 2 unspecified atom stereocenters. The standard InChI is InChI=1S/C19H23N3O2/c1-10-7-14(17-11(2)21-24-18(17)20-10)19(23)22-8-15-12-3-4-13(6-5-12)16(15)9-22/h7,12-13,15-16H,3-6,8-9H2,1-2H3. The van der Waals surface area contributed by atoms with E-state index in [4.69, 9.17) is 4.52 Å². The Bertz CT molecular complexity index is 799. The normalized spacial score (nSPS) is 31.7. The molecule has 6 rings (SSSR count). The third-order valence-corrected chi connectivity index (χ3v) is 6.70. The van der Waals surface area contributed by atoms with Gasteiger partial charge in [-0.05, 0) is 69.3 Å². The summed E-state index contributed by atoms with van der Waals surface area (Å²) in [5.74, 6) is 3.26. The molecule has 2 atom stereocenters. The molecular formula is C19H23N3O2. The Balaban J connectivity index is 1.50. The largest absolute Gasteiger partial charge is 0.338 e. The average molecular weight is 325 g/mol. The number of aryl methyl sites for hydroxylation is 2. The van der Waals surface area contributed by atoms with Gasteiger partial charge in [-0.1, -0.05) is 5.16 Å². The van der Waals surface area contributed by atoms with Crippen LogP contribution in [0.4, 0.5) is 0 Å². The van der Waals surface area contributed by atoms with Crippen molar-refractivity contribution >= 4 is 17.0 Å². The van der Waals surface area contributed by atoms with Gasteiger partial charge in [0.1, 0.15) is 0 Å². The van der Waals surface area contributed by atoms with Crippen LogP contribution in [0.1, 0.15) is 47.4 Å². The van der Waals surface area contributed by atoms with E-state index in [-0.39, 0.29) is 5.91 Å². The highest BCUT2D eigenvalue weighted by Crippen LogP contribution is 2.52. The SMILES string of the molecule is Cc1cc(C(=O)N2CC3C4CCC(CC4)C3C2)c2c(C)noc2n1. The van der Waals surface area contributed by atoms with Gasteiger partial charge in [0.05, 0.1) is 16.6 Å². The minimum Gasteiger partial charge on any atom is -0.338 e. The number of pyridine rings is 1. The summed E-state index contributed by atoms with van der Waals surface area (Å²) in [6, 6.07) is 1.89. The molecule has 24 heavy (non-hydrogen) atoms. The van der Waals surface area contributed by atoms with Crippen LogP contribution in [0, 0.1) is 37.5 Å². The second kappa shape index (κ2) is 5.04. The maximum Gasteiger partial charge on any atom is 0.258 e. The number of carbonyl (C=O) groups excluding carboxylic acids is 1. The molecule has 1 amide bonds. The lowest BCUT2D eigenvalue weighted by atomic mass is 9.60. The van der Waals surface area contributed by atoms with Crippen LogP contribution in [0.15, 0.2) is 10.6 Å². The van der Waals surface area contributed by atoms with E-state index in [1.54, 1.807) is 0 Å². The van der Waals surface area contributed by atoms with E-state index >= 15 is 0 Å². The minimum atomic E-state index is 0.130. The smallest absolute Gasteiger partial charge is 0.258 e. The van der Waals surface area contributed by atoms with Crippen LogP contribution in [-0.4, -0.2) is 34.0 Å². The molecule has 0 spiro atoms. The fourth-order valence-electron chi connectivity index (χ4n) is 5.58. The van der Waals surface area contributed by atoms with Gasteiger partial charge >= 0.3 is 0 Å². The van der Waals surface area contributed by atoms with Crippen LogP contribution in [0.3, 0.4) is 0 Å². The predicted octanol–water partition coefficient (Wildman–Crippen LogP) is 3.35. The molecule has 4 aliphatic rings. The van der Waals surface area contributed by atoms with Crippen molar-refractivity contribution in [1.82, 2.24) is 15.0 Å². The van der Waals surface area contributed by atoms with Crippen molar-refractivity contribution in [1.29, 1.82) is 0 Å². The molecule has 1 saturated heterocycles. The summed E-state index contributed by atoms with van der Waals surface area (Å²) in [5.41, 5.74) is 2.74.